The van der Waals surface area contributed by atoms with E-state index in [1.807, 2.05) is 0 Å². The van der Waals surface area contributed by atoms with Crippen LogP contribution in [0, 0.1) is 6.92 Å². The second-order valence-corrected chi connectivity index (χ2v) is 5.08. The largest absolute Gasteiger partial charge is 0.481 e. The highest BCUT2D eigenvalue weighted by Gasteiger charge is 2.15. The van der Waals surface area contributed by atoms with E-state index < -0.39 is 11.9 Å². The van der Waals surface area contributed by atoms with E-state index in [0.717, 1.165) is 11.5 Å². The molecule has 2 rings (SSSR count). The van der Waals surface area contributed by atoms with Crippen LogP contribution in [0.25, 0.3) is 0 Å². The van der Waals surface area contributed by atoms with Crippen molar-refractivity contribution >= 4 is 29.1 Å². The molecule has 1 amide bonds. The van der Waals surface area contributed by atoms with E-state index in [-0.39, 0.29) is 5.91 Å². The number of hydrogen-bond acceptors (Lipinski definition) is 5. The summed E-state index contributed by atoms with van der Waals surface area (Å²) in [5, 5.41) is 15.4. The predicted molar refractivity (Wildman–Crippen MR) is 75.1 cm³/mol. The molecule has 1 aromatic heterocycles. The maximum Gasteiger partial charge on any atom is 0.310 e. The van der Waals surface area contributed by atoms with Crippen LogP contribution in [0.1, 0.15) is 33.8 Å². The third-order valence-corrected chi connectivity index (χ3v) is 3.72. The van der Waals surface area contributed by atoms with E-state index in [2.05, 4.69) is 14.9 Å². The standard InChI is InChI=1S/C13H13N3O3S/c1-7(13(18)19)9-3-5-10(6-4-9)14-12(17)11-8(2)15-16-20-11/h3-7H,1-2H3,(H,14,17)(H,18,19). The van der Waals surface area contributed by atoms with Crippen LogP contribution in [0.15, 0.2) is 24.3 Å². The number of carbonyl (C=O) groups excluding carboxylic acids is 1. The third kappa shape index (κ3) is 3.00. The first-order valence-electron chi connectivity index (χ1n) is 5.92. The summed E-state index contributed by atoms with van der Waals surface area (Å²) < 4.78 is 3.71. The van der Waals surface area contributed by atoms with Crippen LogP contribution < -0.4 is 5.32 Å². The van der Waals surface area contributed by atoms with Gasteiger partial charge >= 0.3 is 5.97 Å². The van der Waals surface area contributed by atoms with Gasteiger partial charge in [0, 0.05) is 5.69 Å². The zero-order valence-electron chi connectivity index (χ0n) is 11.0. The number of anilines is 1. The summed E-state index contributed by atoms with van der Waals surface area (Å²) in [4.78, 5) is 23.3. The summed E-state index contributed by atoms with van der Waals surface area (Å²) in [7, 11) is 0. The van der Waals surface area contributed by atoms with Crippen LogP contribution in [-0.2, 0) is 4.79 Å². The van der Waals surface area contributed by atoms with E-state index in [9.17, 15) is 9.59 Å². The monoisotopic (exact) mass is 291 g/mol. The first kappa shape index (κ1) is 14.1. The second-order valence-electron chi connectivity index (χ2n) is 4.32. The molecule has 2 N–H and O–H groups in total. The van der Waals surface area contributed by atoms with Crippen molar-refractivity contribution in [1.82, 2.24) is 9.59 Å². The Balaban J connectivity index is 2.10. The van der Waals surface area contributed by atoms with Crippen molar-refractivity contribution in [2.75, 3.05) is 5.32 Å². The third-order valence-electron chi connectivity index (χ3n) is 2.90. The fourth-order valence-electron chi connectivity index (χ4n) is 1.63. The highest BCUT2D eigenvalue weighted by atomic mass is 32.1. The Morgan fingerprint density at radius 2 is 1.95 bits per heavy atom. The first-order valence-corrected chi connectivity index (χ1v) is 6.69. The van der Waals surface area contributed by atoms with Gasteiger partial charge in [-0.3, -0.25) is 9.59 Å². The van der Waals surface area contributed by atoms with Crippen LogP contribution in [0.2, 0.25) is 0 Å². The number of rotatable bonds is 4. The van der Waals surface area contributed by atoms with Crippen molar-refractivity contribution in [2.45, 2.75) is 19.8 Å². The summed E-state index contributed by atoms with van der Waals surface area (Å²) in [5.41, 5.74) is 1.87. The fourth-order valence-corrected chi connectivity index (χ4v) is 2.18. The van der Waals surface area contributed by atoms with Gasteiger partial charge in [-0.25, -0.2) is 0 Å². The van der Waals surface area contributed by atoms with Gasteiger partial charge in [0.25, 0.3) is 5.91 Å². The molecule has 7 heteroatoms. The molecule has 1 atom stereocenters. The number of nitrogens with zero attached hydrogens (tertiary/aromatic N) is 2. The van der Waals surface area contributed by atoms with Gasteiger partial charge < -0.3 is 10.4 Å². The van der Waals surface area contributed by atoms with Crippen LogP contribution in [0.5, 0.6) is 0 Å². The number of aryl methyl sites for hydroxylation is 1. The molecule has 20 heavy (non-hydrogen) atoms. The maximum atomic E-state index is 11.9. The Kier molecular flexibility index (Phi) is 4.09. The molecule has 6 nitrogen and oxygen atoms in total. The lowest BCUT2D eigenvalue weighted by Crippen LogP contribution is -2.12. The van der Waals surface area contributed by atoms with Gasteiger partial charge in [-0.2, -0.15) is 0 Å². The molecule has 0 bridgehead atoms. The molecule has 0 aliphatic rings. The molecule has 0 fully saturated rings. The Morgan fingerprint density at radius 1 is 1.30 bits per heavy atom. The maximum absolute atomic E-state index is 11.9. The number of carboxylic acid groups (broad SMARTS) is 1. The van der Waals surface area contributed by atoms with Crippen molar-refractivity contribution in [3.05, 3.63) is 40.4 Å². The van der Waals surface area contributed by atoms with Gasteiger partial charge in [-0.05, 0) is 43.1 Å². The molecule has 2 aromatic rings. The highest BCUT2D eigenvalue weighted by Crippen LogP contribution is 2.19. The summed E-state index contributed by atoms with van der Waals surface area (Å²) in [5.74, 6) is -1.72. The minimum absolute atomic E-state index is 0.267. The minimum atomic E-state index is -0.881. The Labute approximate surface area is 119 Å². The van der Waals surface area contributed by atoms with E-state index in [1.54, 1.807) is 38.1 Å². The Hall–Kier alpha value is -2.28. The van der Waals surface area contributed by atoms with E-state index in [4.69, 9.17) is 5.11 Å². The van der Waals surface area contributed by atoms with Gasteiger partial charge in [0.2, 0.25) is 0 Å². The quantitative estimate of drug-likeness (QED) is 0.901. The number of aliphatic carboxylic acids is 1. The van der Waals surface area contributed by atoms with E-state index >= 15 is 0 Å². The Morgan fingerprint density at radius 3 is 2.45 bits per heavy atom. The number of carboxylic acids is 1. The number of hydrogen-bond donors (Lipinski definition) is 2. The smallest absolute Gasteiger partial charge is 0.310 e. The van der Waals surface area contributed by atoms with Crippen molar-refractivity contribution in [1.29, 1.82) is 0 Å². The van der Waals surface area contributed by atoms with Crippen molar-refractivity contribution < 1.29 is 14.7 Å². The average molecular weight is 291 g/mol. The molecule has 0 radical (unpaired) electrons. The van der Waals surface area contributed by atoms with Gasteiger partial charge in [-0.15, -0.1) is 5.10 Å². The first-order chi connectivity index (χ1) is 9.49. The Bertz CT molecular complexity index is 637. The highest BCUT2D eigenvalue weighted by molar-refractivity contribution is 7.08. The minimum Gasteiger partial charge on any atom is -0.481 e. The number of amides is 1. The molecule has 0 spiro atoms. The van der Waals surface area contributed by atoms with E-state index in [1.165, 1.54) is 0 Å². The molecule has 1 unspecified atom stereocenters. The predicted octanol–water partition coefficient (Wildman–Crippen LogP) is 2.29. The topological polar surface area (TPSA) is 92.2 Å². The summed E-state index contributed by atoms with van der Waals surface area (Å²) in [6, 6.07) is 6.73. The lowest BCUT2D eigenvalue weighted by Gasteiger charge is -2.08. The molecular weight excluding hydrogens is 278 g/mol. The van der Waals surface area contributed by atoms with Crippen molar-refractivity contribution in [2.24, 2.45) is 0 Å². The van der Waals surface area contributed by atoms with Gasteiger partial charge in [0.1, 0.15) is 4.88 Å². The van der Waals surface area contributed by atoms with Crippen molar-refractivity contribution in [3.8, 4) is 0 Å². The second kappa shape index (κ2) is 5.79. The lowest BCUT2D eigenvalue weighted by molar-refractivity contribution is -0.138. The number of nitrogens with one attached hydrogen (secondary N) is 1. The zero-order valence-corrected chi connectivity index (χ0v) is 11.8. The normalized spacial score (nSPS) is 11.9. The van der Waals surface area contributed by atoms with Gasteiger partial charge in [-0.1, -0.05) is 16.6 Å². The van der Waals surface area contributed by atoms with Crippen molar-refractivity contribution in [3.63, 3.8) is 0 Å². The lowest BCUT2D eigenvalue weighted by atomic mass is 10.0. The van der Waals surface area contributed by atoms with Gasteiger partial charge in [0.15, 0.2) is 0 Å². The molecule has 1 aromatic carbocycles. The molecule has 0 aliphatic heterocycles. The summed E-state index contributed by atoms with van der Waals surface area (Å²) in [6.07, 6.45) is 0. The molecule has 0 saturated carbocycles. The SMILES string of the molecule is Cc1nnsc1C(=O)Nc1ccc(C(C)C(=O)O)cc1. The molecular formula is C13H13N3O3S. The molecule has 0 saturated heterocycles. The van der Waals surface area contributed by atoms with Crippen LogP contribution in [0.4, 0.5) is 5.69 Å². The number of aromatic nitrogens is 2. The number of benzene rings is 1. The average Bonchev–Trinajstić information content (AvgIpc) is 2.85. The van der Waals surface area contributed by atoms with E-state index in [0.29, 0.717) is 21.8 Å². The number of carbonyl (C=O) groups is 2. The zero-order chi connectivity index (χ0) is 14.7. The fraction of sp³-hybridized carbons (Fsp3) is 0.231. The van der Waals surface area contributed by atoms with Crippen LogP contribution in [-0.4, -0.2) is 26.6 Å². The van der Waals surface area contributed by atoms with Crippen LogP contribution >= 0.6 is 11.5 Å². The van der Waals surface area contributed by atoms with Crippen LogP contribution in [0.3, 0.4) is 0 Å². The molecule has 0 aliphatic carbocycles. The summed E-state index contributed by atoms with van der Waals surface area (Å²) in [6.45, 7) is 3.33. The van der Waals surface area contributed by atoms with Gasteiger partial charge in [0.05, 0.1) is 11.6 Å². The molecule has 1 heterocycles. The molecule has 104 valence electrons. The summed E-state index contributed by atoms with van der Waals surface area (Å²) >= 11 is 1.04.